The van der Waals surface area contributed by atoms with Crippen LogP contribution in [-0.2, 0) is 16.2 Å². The van der Waals surface area contributed by atoms with Gasteiger partial charge in [-0.1, -0.05) is 36.4 Å². The summed E-state index contributed by atoms with van der Waals surface area (Å²) in [5.74, 6) is -0.336. The van der Waals surface area contributed by atoms with E-state index in [9.17, 15) is 14.7 Å². The fourth-order valence-electron chi connectivity index (χ4n) is 2.89. The summed E-state index contributed by atoms with van der Waals surface area (Å²) in [4.78, 5) is 23.6. The third-order valence-corrected chi connectivity index (χ3v) is 4.87. The maximum absolute atomic E-state index is 12.3. The van der Waals surface area contributed by atoms with Crippen LogP contribution in [0.1, 0.15) is 36.9 Å². The summed E-state index contributed by atoms with van der Waals surface area (Å²) in [6, 6.07) is 14.9. The molecule has 0 aromatic heterocycles. The molecule has 1 atom stereocenters. The van der Waals surface area contributed by atoms with Gasteiger partial charge in [-0.2, -0.15) is 0 Å². The molecule has 0 spiro atoms. The van der Waals surface area contributed by atoms with Crippen LogP contribution in [0.4, 0.5) is 0 Å². The van der Waals surface area contributed by atoms with Crippen LogP contribution in [0.15, 0.2) is 48.5 Å². The Morgan fingerprint density at radius 2 is 1.85 bits per heavy atom. The van der Waals surface area contributed by atoms with E-state index in [0.717, 1.165) is 11.1 Å². The molecule has 6 nitrogen and oxygen atoms in total. The number of carboxylic acid groups (broad SMARTS) is 1. The molecule has 2 aromatic rings. The highest BCUT2D eigenvalue weighted by molar-refractivity contribution is 6.04. The van der Waals surface area contributed by atoms with Crippen molar-refractivity contribution in [1.29, 1.82) is 0 Å². The second kappa shape index (κ2) is 7.70. The van der Waals surface area contributed by atoms with Crippen LogP contribution in [0.5, 0.6) is 11.5 Å². The first kappa shape index (κ1) is 18.8. The first-order valence-electron chi connectivity index (χ1n) is 8.85. The molecule has 1 saturated carbocycles. The van der Waals surface area contributed by atoms with Gasteiger partial charge in [-0.05, 0) is 43.0 Å². The number of nitrogens with one attached hydrogen (secondary N) is 1. The van der Waals surface area contributed by atoms with Crippen molar-refractivity contribution in [3.63, 3.8) is 0 Å². The largest absolute Gasteiger partial charge is 0.493 e. The topological polar surface area (TPSA) is 84.9 Å². The highest BCUT2D eigenvalue weighted by Crippen LogP contribution is 2.46. The molecule has 6 heteroatoms. The lowest BCUT2D eigenvalue weighted by molar-refractivity contribution is -0.149. The number of carbonyl (C=O) groups is 2. The molecule has 27 heavy (non-hydrogen) atoms. The predicted molar refractivity (Wildman–Crippen MR) is 99.6 cm³/mol. The average molecular weight is 369 g/mol. The zero-order valence-electron chi connectivity index (χ0n) is 15.4. The summed E-state index contributed by atoms with van der Waals surface area (Å²) < 4.78 is 11.3. The van der Waals surface area contributed by atoms with Crippen LogP contribution in [0.3, 0.4) is 0 Å². The number of carbonyl (C=O) groups excluding carboxylic acids is 1. The zero-order chi connectivity index (χ0) is 19.4. The summed E-state index contributed by atoms with van der Waals surface area (Å²) in [5.41, 5.74) is 0.609. The third kappa shape index (κ3) is 4.05. The molecular weight excluding hydrogens is 346 g/mol. The minimum absolute atomic E-state index is 0.341. The summed E-state index contributed by atoms with van der Waals surface area (Å²) in [5, 5.41) is 12.0. The molecule has 1 aliphatic rings. The van der Waals surface area contributed by atoms with Crippen LogP contribution >= 0.6 is 0 Å². The van der Waals surface area contributed by atoms with Gasteiger partial charge in [0, 0.05) is 0 Å². The van der Waals surface area contributed by atoms with E-state index in [0.29, 0.717) is 30.9 Å². The van der Waals surface area contributed by atoms with Crippen molar-refractivity contribution in [1.82, 2.24) is 5.32 Å². The van der Waals surface area contributed by atoms with Gasteiger partial charge in [0.05, 0.1) is 13.2 Å². The number of methoxy groups -OCH3 is 1. The second-order valence-electron chi connectivity index (χ2n) is 6.77. The Morgan fingerprint density at radius 3 is 2.44 bits per heavy atom. The fourth-order valence-corrected chi connectivity index (χ4v) is 2.89. The zero-order valence-corrected chi connectivity index (χ0v) is 15.4. The number of benzene rings is 2. The van der Waals surface area contributed by atoms with Crippen LogP contribution in [0, 0.1) is 5.41 Å². The number of aliphatic carboxylic acids is 1. The maximum Gasteiger partial charge on any atom is 0.319 e. The van der Waals surface area contributed by atoms with Crippen molar-refractivity contribution in [3.05, 3.63) is 59.7 Å². The van der Waals surface area contributed by atoms with Crippen molar-refractivity contribution >= 4 is 11.9 Å². The molecule has 0 aliphatic heterocycles. The van der Waals surface area contributed by atoms with E-state index >= 15 is 0 Å². The number of hydrogen-bond donors (Lipinski definition) is 2. The van der Waals surface area contributed by atoms with Crippen LogP contribution in [-0.4, -0.2) is 24.1 Å². The highest BCUT2D eigenvalue weighted by atomic mass is 16.5. The number of ether oxygens (including phenoxy) is 2. The molecule has 1 fully saturated rings. The first-order chi connectivity index (χ1) is 13.0. The number of amides is 1. The molecule has 3 rings (SSSR count). The second-order valence-corrected chi connectivity index (χ2v) is 6.77. The average Bonchev–Trinajstić information content (AvgIpc) is 3.49. The molecule has 2 aromatic carbocycles. The lowest BCUT2D eigenvalue weighted by Crippen LogP contribution is -2.38. The smallest absolute Gasteiger partial charge is 0.319 e. The lowest BCUT2D eigenvalue weighted by Gasteiger charge is -2.19. The summed E-state index contributed by atoms with van der Waals surface area (Å²) in [6.07, 6.45) is 0.771. The van der Waals surface area contributed by atoms with E-state index in [2.05, 4.69) is 5.32 Å². The van der Waals surface area contributed by atoms with Gasteiger partial charge in [0.15, 0.2) is 11.5 Å². The van der Waals surface area contributed by atoms with Crippen molar-refractivity contribution < 1.29 is 24.2 Å². The van der Waals surface area contributed by atoms with Gasteiger partial charge in [0.2, 0.25) is 5.91 Å². The minimum Gasteiger partial charge on any atom is -0.493 e. The summed E-state index contributed by atoms with van der Waals surface area (Å²) in [6.45, 7) is 2.24. The lowest BCUT2D eigenvalue weighted by atomic mass is 10.0. The van der Waals surface area contributed by atoms with Gasteiger partial charge in [-0.15, -0.1) is 0 Å². The van der Waals surface area contributed by atoms with Gasteiger partial charge in [-0.25, -0.2) is 0 Å². The summed E-state index contributed by atoms with van der Waals surface area (Å²) >= 11 is 0. The molecule has 142 valence electrons. The van der Waals surface area contributed by atoms with E-state index in [-0.39, 0.29) is 6.04 Å². The Bertz CT molecular complexity index is 830. The Morgan fingerprint density at radius 1 is 1.15 bits per heavy atom. The Balaban J connectivity index is 1.68. The molecule has 1 amide bonds. The number of hydrogen-bond acceptors (Lipinski definition) is 4. The van der Waals surface area contributed by atoms with Crippen LogP contribution in [0.25, 0.3) is 0 Å². The normalized spacial score (nSPS) is 15.5. The van der Waals surface area contributed by atoms with E-state index < -0.39 is 17.3 Å². The minimum atomic E-state index is -1.25. The quantitative estimate of drug-likeness (QED) is 0.698. The molecule has 1 aliphatic carbocycles. The van der Waals surface area contributed by atoms with Crippen molar-refractivity contribution in [3.8, 4) is 11.5 Å². The van der Waals surface area contributed by atoms with Gasteiger partial charge in [0.1, 0.15) is 12.0 Å². The standard InChI is InChI=1S/C21H23NO5/c1-14(22-19(23)21(10-11-21)20(24)25)16-8-9-17(18(12-16)26-2)27-13-15-6-4-3-5-7-15/h3-9,12,14H,10-11,13H2,1-2H3,(H,22,23)(H,24,25). The molecular formula is C21H23NO5. The predicted octanol–water partition coefficient (Wildman–Crippen LogP) is 3.32. The fraction of sp³-hybridized carbons (Fsp3) is 0.333. The van der Waals surface area contributed by atoms with Crippen LogP contribution in [0.2, 0.25) is 0 Å². The van der Waals surface area contributed by atoms with E-state index in [4.69, 9.17) is 9.47 Å². The first-order valence-corrected chi connectivity index (χ1v) is 8.85. The highest BCUT2D eigenvalue weighted by Gasteiger charge is 2.57. The Kier molecular flexibility index (Phi) is 5.35. The Hall–Kier alpha value is -3.02. The third-order valence-electron chi connectivity index (χ3n) is 4.87. The van der Waals surface area contributed by atoms with E-state index in [1.807, 2.05) is 43.3 Å². The summed E-state index contributed by atoms with van der Waals surface area (Å²) in [7, 11) is 1.56. The Labute approximate surface area is 158 Å². The molecule has 0 heterocycles. The van der Waals surface area contributed by atoms with Gasteiger partial charge >= 0.3 is 5.97 Å². The molecule has 0 bridgehead atoms. The molecule has 1 unspecified atom stereocenters. The number of rotatable bonds is 8. The SMILES string of the molecule is COc1cc(C(C)NC(=O)C2(C(=O)O)CC2)ccc1OCc1ccccc1. The van der Waals surface area contributed by atoms with Gasteiger partial charge < -0.3 is 19.9 Å². The van der Waals surface area contributed by atoms with Crippen molar-refractivity contribution in [2.24, 2.45) is 5.41 Å². The molecule has 0 saturated heterocycles. The van der Waals surface area contributed by atoms with Gasteiger partial charge in [-0.3, -0.25) is 9.59 Å². The maximum atomic E-state index is 12.3. The van der Waals surface area contributed by atoms with Gasteiger partial charge in [0.25, 0.3) is 0 Å². The van der Waals surface area contributed by atoms with Crippen LogP contribution < -0.4 is 14.8 Å². The van der Waals surface area contributed by atoms with Crippen molar-refractivity contribution in [2.75, 3.05) is 7.11 Å². The van der Waals surface area contributed by atoms with E-state index in [1.54, 1.807) is 19.2 Å². The monoisotopic (exact) mass is 369 g/mol. The number of carboxylic acids is 1. The molecule has 0 radical (unpaired) electrons. The van der Waals surface area contributed by atoms with E-state index in [1.165, 1.54) is 0 Å². The molecule has 2 N–H and O–H groups in total. The van der Waals surface area contributed by atoms with Crippen molar-refractivity contribution in [2.45, 2.75) is 32.4 Å².